The second-order valence-electron chi connectivity index (χ2n) is 5.10. The van der Waals surface area contributed by atoms with Crippen LogP contribution in [0, 0.1) is 24.2 Å². The van der Waals surface area contributed by atoms with Crippen LogP contribution in [-0.2, 0) is 10.0 Å². The van der Waals surface area contributed by atoms with Gasteiger partial charge in [0.2, 0.25) is 10.0 Å². The average molecular weight is 377 g/mol. The summed E-state index contributed by atoms with van der Waals surface area (Å²) in [5.74, 6) is 0.130. The first kappa shape index (κ1) is 16.0. The van der Waals surface area contributed by atoms with Crippen LogP contribution in [0.15, 0.2) is 14.7 Å². The zero-order valence-electron chi connectivity index (χ0n) is 11.2. The second-order valence-corrected chi connectivity index (χ2v) is 9.42. The molecule has 20 heavy (non-hydrogen) atoms. The highest BCUT2D eigenvalue weighted by Gasteiger charge is 2.29. The van der Waals surface area contributed by atoms with E-state index in [2.05, 4.69) is 26.7 Å². The summed E-state index contributed by atoms with van der Waals surface area (Å²) in [7, 11) is -3.62. The minimum atomic E-state index is -3.62. The topological polar surface area (TPSA) is 70.0 Å². The van der Waals surface area contributed by atoms with Crippen LogP contribution < -0.4 is 4.72 Å². The molecule has 1 aromatic rings. The van der Waals surface area contributed by atoms with Crippen LogP contribution in [0.2, 0.25) is 0 Å². The third-order valence-corrected chi connectivity index (χ3v) is 6.92. The Morgan fingerprint density at radius 1 is 1.45 bits per heavy atom. The maximum Gasteiger partial charge on any atom is 0.242 e. The Morgan fingerprint density at radius 3 is 2.60 bits per heavy atom. The zero-order chi connectivity index (χ0) is 14.8. The van der Waals surface area contributed by atoms with Gasteiger partial charge in [-0.2, -0.15) is 9.98 Å². The Kier molecular flexibility index (Phi) is 5.24. The van der Waals surface area contributed by atoms with Gasteiger partial charge < -0.3 is 0 Å². The zero-order valence-corrected chi connectivity index (χ0v) is 14.4. The molecule has 1 aliphatic rings. The molecule has 2 rings (SSSR count). The van der Waals surface area contributed by atoms with E-state index < -0.39 is 16.1 Å². The number of thiophene rings is 1. The van der Waals surface area contributed by atoms with Gasteiger partial charge in [-0.1, -0.05) is 19.3 Å². The number of nitriles is 1. The summed E-state index contributed by atoms with van der Waals surface area (Å²) in [6.07, 6.45) is 5.18. The fraction of sp³-hybridized carbons (Fsp3) is 0.615. The predicted molar refractivity (Wildman–Crippen MR) is 83.1 cm³/mol. The van der Waals surface area contributed by atoms with Crippen molar-refractivity contribution in [3.63, 3.8) is 0 Å². The SMILES string of the molecule is Cc1sc(Br)cc1S(=O)(=O)NC(C#N)C1CCCCC1. The highest BCUT2D eigenvalue weighted by molar-refractivity contribution is 9.11. The van der Waals surface area contributed by atoms with Crippen molar-refractivity contribution >= 4 is 37.3 Å². The molecule has 0 aromatic carbocycles. The van der Waals surface area contributed by atoms with Gasteiger partial charge in [-0.25, -0.2) is 8.42 Å². The number of sulfonamides is 1. The molecule has 1 aliphatic carbocycles. The first-order valence-electron chi connectivity index (χ1n) is 6.62. The van der Waals surface area contributed by atoms with Crippen LogP contribution in [0.1, 0.15) is 37.0 Å². The van der Waals surface area contributed by atoms with Crippen LogP contribution in [0.25, 0.3) is 0 Å². The lowest BCUT2D eigenvalue weighted by molar-refractivity contribution is 0.324. The van der Waals surface area contributed by atoms with Crippen LogP contribution in [0.3, 0.4) is 0 Å². The van der Waals surface area contributed by atoms with Crippen molar-refractivity contribution in [2.24, 2.45) is 5.92 Å². The second kappa shape index (κ2) is 6.56. The van der Waals surface area contributed by atoms with Crippen LogP contribution in [-0.4, -0.2) is 14.5 Å². The standard InChI is InChI=1S/C13H17BrN2O2S2/c1-9-12(7-13(14)19-9)20(17,18)16-11(8-15)10-5-3-2-4-6-10/h7,10-11,16H,2-6H2,1H3. The minimum absolute atomic E-state index is 0.130. The Labute approximate surface area is 132 Å². The summed E-state index contributed by atoms with van der Waals surface area (Å²) in [4.78, 5) is 0.996. The number of nitrogens with one attached hydrogen (secondary N) is 1. The molecule has 7 heteroatoms. The monoisotopic (exact) mass is 376 g/mol. The van der Waals surface area contributed by atoms with E-state index >= 15 is 0 Å². The molecular weight excluding hydrogens is 360 g/mol. The molecule has 0 amide bonds. The molecule has 1 unspecified atom stereocenters. The van der Waals surface area contributed by atoms with E-state index in [9.17, 15) is 13.7 Å². The average Bonchev–Trinajstić information content (AvgIpc) is 2.77. The molecule has 0 bridgehead atoms. The molecule has 0 saturated heterocycles. The quantitative estimate of drug-likeness (QED) is 0.872. The van der Waals surface area contributed by atoms with E-state index in [-0.39, 0.29) is 10.8 Å². The van der Waals surface area contributed by atoms with Gasteiger partial charge in [-0.05, 0) is 47.7 Å². The van der Waals surface area contributed by atoms with Gasteiger partial charge in [0.15, 0.2) is 0 Å². The smallest absolute Gasteiger partial charge is 0.207 e. The van der Waals surface area contributed by atoms with Gasteiger partial charge in [-0.15, -0.1) is 11.3 Å². The third-order valence-electron chi connectivity index (χ3n) is 3.67. The van der Waals surface area contributed by atoms with E-state index in [1.165, 1.54) is 17.8 Å². The molecule has 1 aromatic heterocycles. The normalized spacial score (nSPS) is 18.6. The van der Waals surface area contributed by atoms with Crippen molar-refractivity contribution in [3.8, 4) is 6.07 Å². The number of halogens is 1. The predicted octanol–water partition coefficient (Wildman–Crippen LogP) is 3.57. The molecule has 0 aliphatic heterocycles. The minimum Gasteiger partial charge on any atom is -0.207 e. The van der Waals surface area contributed by atoms with Gasteiger partial charge >= 0.3 is 0 Å². The van der Waals surface area contributed by atoms with Crippen molar-refractivity contribution in [2.45, 2.75) is 50.0 Å². The van der Waals surface area contributed by atoms with Crippen LogP contribution in [0.5, 0.6) is 0 Å². The fourth-order valence-electron chi connectivity index (χ4n) is 2.62. The van der Waals surface area contributed by atoms with E-state index in [0.29, 0.717) is 0 Å². The summed E-state index contributed by atoms with van der Waals surface area (Å²) >= 11 is 4.68. The Bertz CT molecular complexity index is 613. The molecule has 1 N–H and O–H groups in total. The molecule has 110 valence electrons. The lowest BCUT2D eigenvalue weighted by Crippen LogP contribution is -2.40. The lowest BCUT2D eigenvalue weighted by Gasteiger charge is -2.26. The number of aryl methyl sites for hydroxylation is 1. The molecule has 1 fully saturated rings. The molecule has 1 heterocycles. The van der Waals surface area contributed by atoms with Crippen molar-refractivity contribution in [2.75, 3.05) is 0 Å². The van der Waals surface area contributed by atoms with Gasteiger partial charge in [0, 0.05) is 4.88 Å². The molecular formula is C13H17BrN2O2S2. The first-order valence-corrected chi connectivity index (χ1v) is 9.71. The summed E-state index contributed by atoms with van der Waals surface area (Å²) < 4.78 is 28.2. The number of nitrogens with zero attached hydrogens (tertiary/aromatic N) is 1. The van der Waals surface area contributed by atoms with Crippen molar-refractivity contribution < 1.29 is 8.42 Å². The van der Waals surface area contributed by atoms with Gasteiger partial charge in [0.1, 0.15) is 6.04 Å². The van der Waals surface area contributed by atoms with Crippen LogP contribution >= 0.6 is 27.3 Å². The lowest BCUT2D eigenvalue weighted by atomic mass is 9.85. The molecule has 0 spiro atoms. The maximum absolute atomic E-state index is 12.4. The Morgan fingerprint density at radius 2 is 2.10 bits per heavy atom. The molecule has 1 saturated carbocycles. The highest BCUT2D eigenvalue weighted by Crippen LogP contribution is 2.31. The number of hydrogen-bond acceptors (Lipinski definition) is 4. The molecule has 0 radical (unpaired) electrons. The summed E-state index contributed by atoms with van der Waals surface area (Å²) in [5.41, 5.74) is 0. The molecule has 1 atom stereocenters. The maximum atomic E-state index is 12.4. The first-order chi connectivity index (χ1) is 9.44. The largest absolute Gasteiger partial charge is 0.242 e. The summed E-state index contributed by atoms with van der Waals surface area (Å²) in [6.45, 7) is 1.77. The van der Waals surface area contributed by atoms with E-state index in [4.69, 9.17) is 0 Å². The van der Waals surface area contributed by atoms with Crippen molar-refractivity contribution in [1.29, 1.82) is 5.26 Å². The van der Waals surface area contributed by atoms with Crippen LogP contribution in [0.4, 0.5) is 0 Å². The van der Waals surface area contributed by atoms with Gasteiger partial charge in [0.05, 0.1) is 14.8 Å². The number of rotatable bonds is 4. The summed E-state index contributed by atoms with van der Waals surface area (Å²) in [5, 5.41) is 9.28. The Balaban J connectivity index is 2.18. The highest BCUT2D eigenvalue weighted by atomic mass is 79.9. The Hall–Kier alpha value is -0.420. The van der Waals surface area contributed by atoms with Gasteiger partial charge in [0.25, 0.3) is 0 Å². The fourth-order valence-corrected chi connectivity index (χ4v) is 6.25. The van der Waals surface area contributed by atoms with Crippen molar-refractivity contribution in [3.05, 3.63) is 14.7 Å². The van der Waals surface area contributed by atoms with E-state index in [1.54, 1.807) is 13.0 Å². The summed E-state index contributed by atoms with van der Waals surface area (Å²) in [6, 6.07) is 3.09. The number of hydrogen-bond donors (Lipinski definition) is 1. The van der Waals surface area contributed by atoms with E-state index in [0.717, 1.165) is 34.3 Å². The van der Waals surface area contributed by atoms with Gasteiger partial charge in [-0.3, -0.25) is 0 Å². The van der Waals surface area contributed by atoms with E-state index in [1.807, 2.05) is 0 Å². The molecule has 4 nitrogen and oxygen atoms in total. The van der Waals surface area contributed by atoms with Crippen molar-refractivity contribution in [1.82, 2.24) is 4.72 Å². The third kappa shape index (κ3) is 3.61.